The van der Waals surface area contributed by atoms with Crippen LogP contribution >= 0.6 is 7.60 Å². The monoisotopic (exact) mass is 431 g/mol. The van der Waals surface area contributed by atoms with Gasteiger partial charge in [0.1, 0.15) is 5.75 Å². The van der Waals surface area contributed by atoms with E-state index in [-0.39, 0.29) is 23.7 Å². The third kappa shape index (κ3) is 5.93. The fourth-order valence-electron chi connectivity index (χ4n) is 4.15. The van der Waals surface area contributed by atoms with Gasteiger partial charge < -0.3 is 4.52 Å². The van der Waals surface area contributed by atoms with Gasteiger partial charge in [0.15, 0.2) is 0 Å². The van der Waals surface area contributed by atoms with Gasteiger partial charge in [-0.3, -0.25) is 14.6 Å². The average molecular weight is 431 g/mol. The van der Waals surface area contributed by atoms with E-state index in [1.165, 1.54) is 18.2 Å². The Bertz CT molecular complexity index is 901. The van der Waals surface area contributed by atoms with Gasteiger partial charge in [-0.2, -0.15) is 0 Å². The lowest BCUT2D eigenvalue weighted by Gasteiger charge is -2.38. The van der Waals surface area contributed by atoms with Crippen molar-refractivity contribution < 1.29 is 18.5 Å². The zero-order valence-corrected chi connectivity index (χ0v) is 18.7. The maximum atomic E-state index is 14.0. The van der Waals surface area contributed by atoms with E-state index in [9.17, 15) is 14.7 Å². The average Bonchev–Trinajstić information content (AvgIpc) is 2.68. The summed E-state index contributed by atoms with van der Waals surface area (Å²) in [7, 11) is -3.61. The molecule has 0 saturated heterocycles. The van der Waals surface area contributed by atoms with Crippen LogP contribution in [-0.2, 0) is 15.3 Å². The largest absolute Gasteiger partial charge is 0.424 e. The van der Waals surface area contributed by atoms with Crippen LogP contribution in [0.25, 0.3) is 0 Å². The second-order valence-electron chi connectivity index (χ2n) is 8.57. The minimum atomic E-state index is -3.61. The highest BCUT2D eigenvalue weighted by molar-refractivity contribution is 7.53. The van der Waals surface area contributed by atoms with Crippen LogP contribution in [0.2, 0.25) is 0 Å². The molecule has 0 amide bonds. The van der Waals surface area contributed by atoms with Gasteiger partial charge in [-0.15, -0.1) is 0 Å². The van der Waals surface area contributed by atoms with Crippen LogP contribution in [0, 0.1) is 27.9 Å². The Kier molecular flexibility index (Phi) is 7.32. The molecule has 2 aromatic carbocycles. The summed E-state index contributed by atoms with van der Waals surface area (Å²) >= 11 is 0. The van der Waals surface area contributed by atoms with Gasteiger partial charge >= 0.3 is 7.60 Å². The number of hydrogen-bond acceptors (Lipinski definition) is 5. The lowest BCUT2D eigenvalue weighted by molar-refractivity contribution is -0.384. The van der Waals surface area contributed by atoms with Crippen molar-refractivity contribution in [3.05, 3.63) is 70.3 Å². The van der Waals surface area contributed by atoms with Crippen molar-refractivity contribution in [2.75, 3.05) is 0 Å². The van der Waals surface area contributed by atoms with Gasteiger partial charge in [0.05, 0.1) is 23.3 Å². The van der Waals surface area contributed by atoms with Crippen LogP contribution in [0.5, 0.6) is 5.75 Å². The number of benzene rings is 2. The van der Waals surface area contributed by atoms with Gasteiger partial charge in [0, 0.05) is 6.07 Å². The molecular formula is C23H30NO5P. The maximum Gasteiger partial charge on any atom is 0.383 e. The van der Waals surface area contributed by atoms with Crippen molar-refractivity contribution in [3.63, 3.8) is 0 Å². The molecule has 1 fully saturated rings. The molecule has 6 nitrogen and oxygen atoms in total. The van der Waals surface area contributed by atoms with Crippen molar-refractivity contribution in [2.24, 2.45) is 17.8 Å². The molecule has 162 valence electrons. The minimum Gasteiger partial charge on any atom is -0.424 e. The zero-order chi connectivity index (χ0) is 21.7. The summed E-state index contributed by atoms with van der Waals surface area (Å²) in [6.07, 6.45) is 2.96. The molecule has 0 N–H and O–H groups in total. The minimum absolute atomic E-state index is 0.106. The Hall–Kier alpha value is -2.17. The second kappa shape index (κ2) is 9.76. The SMILES string of the molecule is CC(C)[C@@H]1CC[C@@H](C)C[C@H]1O[P@](=O)(Cc1ccccc1)Oc1cccc([N+](=O)[O-])c1. The Balaban J connectivity index is 1.90. The van der Waals surface area contributed by atoms with Gasteiger partial charge in [0.2, 0.25) is 0 Å². The molecule has 0 aromatic heterocycles. The topological polar surface area (TPSA) is 78.7 Å². The molecule has 0 heterocycles. The second-order valence-corrected chi connectivity index (χ2v) is 10.5. The number of nitrogens with zero attached hydrogens (tertiary/aromatic N) is 1. The third-order valence-corrected chi connectivity index (χ3v) is 7.58. The molecule has 0 unspecified atom stereocenters. The Morgan fingerprint density at radius 1 is 1.13 bits per heavy atom. The van der Waals surface area contributed by atoms with Crippen LogP contribution in [-0.4, -0.2) is 11.0 Å². The first-order chi connectivity index (χ1) is 14.3. The molecule has 0 spiro atoms. The van der Waals surface area contributed by atoms with E-state index in [4.69, 9.17) is 9.05 Å². The first-order valence-corrected chi connectivity index (χ1v) is 12.2. The fraction of sp³-hybridized carbons (Fsp3) is 0.478. The van der Waals surface area contributed by atoms with Crippen LogP contribution in [0.3, 0.4) is 0 Å². The molecule has 0 bridgehead atoms. The van der Waals surface area contributed by atoms with E-state index in [0.29, 0.717) is 17.8 Å². The predicted octanol–water partition coefficient (Wildman–Crippen LogP) is 6.84. The van der Waals surface area contributed by atoms with Crippen LogP contribution < -0.4 is 4.52 Å². The van der Waals surface area contributed by atoms with Crippen molar-refractivity contribution in [2.45, 2.75) is 52.3 Å². The maximum absolute atomic E-state index is 14.0. The first-order valence-electron chi connectivity index (χ1n) is 10.5. The molecule has 7 heteroatoms. The quantitative estimate of drug-likeness (QED) is 0.260. The number of non-ortho nitro benzene ring substituents is 1. The molecule has 1 aliphatic rings. The van der Waals surface area contributed by atoms with Crippen LogP contribution in [0.1, 0.15) is 45.6 Å². The number of rotatable bonds is 8. The van der Waals surface area contributed by atoms with E-state index in [2.05, 4.69) is 20.8 Å². The summed E-state index contributed by atoms with van der Waals surface area (Å²) < 4.78 is 26.1. The number of hydrogen-bond donors (Lipinski definition) is 0. The Labute approximate surface area is 178 Å². The fourth-order valence-corrected chi connectivity index (χ4v) is 6.08. The van der Waals surface area contributed by atoms with Crippen molar-refractivity contribution >= 4 is 13.3 Å². The van der Waals surface area contributed by atoms with E-state index < -0.39 is 12.5 Å². The molecule has 1 saturated carbocycles. The Morgan fingerprint density at radius 2 is 1.87 bits per heavy atom. The molecule has 0 radical (unpaired) electrons. The summed E-state index contributed by atoms with van der Waals surface area (Å²) in [5.41, 5.74) is 0.737. The molecule has 30 heavy (non-hydrogen) atoms. The van der Waals surface area contributed by atoms with Crippen LogP contribution in [0.15, 0.2) is 54.6 Å². The third-order valence-electron chi connectivity index (χ3n) is 5.75. The zero-order valence-electron chi connectivity index (χ0n) is 17.8. The summed E-state index contributed by atoms with van der Waals surface area (Å²) in [6, 6.07) is 15.2. The highest BCUT2D eigenvalue weighted by atomic mass is 31.2. The van der Waals surface area contributed by atoms with Gasteiger partial charge in [0.25, 0.3) is 5.69 Å². The number of nitro benzene ring substituents is 1. The lowest BCUT2D eigenvalue weighted by atomic mass is 9.75. The molecule has 3 rings (SSSR count). The molecular weight excluding hydrogens is 401 g/mol. The summed E-state index contributed by atoms with van der Waals surface area (Å²) in [5.74, 6) is 1.39. The van der Waals surface area contributed by atoms with E-state index >= 15 is 0 Å². The summed E-state index contributed by atoms with van der Waals surface area (Å²) in [5, 5.41) is 11.1. The molecule has 4 atom stereocenters. The van der Waals surface area contributed by atoms with Crippen LogP contribution in [0.4, 0.5) is 5.69 Å². The van der Waals surface area contributed by atoms with Crippen molar-refractivity contribution in [1.82, 2.24) is 0 Å². The summed E-state index contributed by atoms with van der Waals surface area (Å²) in [6.45, 7) is 6.53. The van der Waals surface area contributed by atoms with E-state index in [1.54, 1.807) is 6.07 Å². The highest BCUT2D eigenvalue weighted by Crippen LogP contribution is 2.55. The van der Waals surface area contributed by atoms with Crippen molar-refractivity contribution in [1.29, 1.82) is 0 Å². The first kappa shape index (κ1) is 22.5. The Morgan fingerprint density at radius 3 is 2.53 bits per heavy atom. The molecule has 1 aliphatic carbocycles. The van der Waals surface area contributed by atoms with E-state index in [1.807, 2.05) is 30.3 Å². The predicted molar refractivity (Wildman–Crippen MR) is 118 cm³/mol. The standard InChI is InChI=1S/C23H30NO5P/c1-17(2)22-13-12-18(3)14-23(22)29-30(27,16-19-8-5-4-6-9-19)28-21-11-7-10-20(15-21)24(25)26/h4-11,15,17-18,22-23H,12-14,16H2,1-3H3/t18-,22+,23-,30+/m1/s1. The van der Waals surface area contributed by atoms with Gasteiger partial charge in [-0.25, -0.2) is 4.57 Å². The lowest BCUT2D eigenvalue weighted by Crippen LogP contribution is -2.34. The normalized spacial score (nSPS) is 23.7. The number of nitro groups is 1. The van der Waals surface area contributed by atoms with Gasteiger partial charge in [-0.1, -0.05) is 63.6 Å². The smallest absolute Gasteiger partial charge is 0.383 e. The highest BCUT2D eigenvalue weighted by Gasteiger charge is 2.38. The molecule has 0 aliphatic heterocycles. The summed E-state index contributed by atoms with van der Waals surface area (Å²) in [4.78, 5) is 10.6. The van der Waals surface area contributed by atoms with Crippen molar-refractivity contribution in [3.8, 4) is 5.75 Å². The van der Waals surface area contributed by atoms with Gasteiger partial charge in [-0.05, 0) is 42.2 Å². The van der Waals surface area contributed by atoms with E-state index in [0.717, 1.165) is 24.8 Å². The molecule has 2 aromatic rings.